The second-order valence-corrected chi connectivity index (χ2v) is 3.60. The van der Waals surface area contributed by atoms with E-state index in [2.05, 4.69) is 19.1 Å². The van der Waals surface area contributed by atoms with E-state index in [4.69, 9.17) is 4.74 Å². The molecule has 72 valence electrons. The van der Waals surface area contributed by atoms with E-state index in [9.17, 15) is 0 Å². The van der Waals surface area contributed by atoms with Crippen LogP contribution in [-0.4, -0.2) is 0 Å². The Morgan fingerprint density at radius 3 is 2.71 bits per heavy atom. The molecule has 1 nitrogen and oxygen atoms in total. The van der Waals surface area contributed by atoms with Crippen molar-refractivity contribution in [1.82, 2.24) is 0 Å². The van der Waals surface area contributed by atoms with Gasteiger partial charge < -0.3 is 4.74 Å². The summed E-state index contributed by atoms with van der Waals surface area (Å²) in [6, 6.07) is 9.88. The summed E-state index contributed by atoms with van der Waals surface area (Å²) in [5, 5.41) is 0. The topological polar surface area (TPSA) is 9.23 Å². The maximum Gasteiger partial charge on any atom is 0.127 e. The van der Waals surface area contributed by atoms with Crippen LogP contribution < -0.4 is 4.74 Å². The lowest BCUT2D eigenvalue weighted by atomic mass is 10.0. The van der Waals surface area contributed by atoms with E-state index in [-0.39, 0.29) is 0 Å². The van der Waals surface area contributed by atoms with Crippen LogP contribution in [0, 0.1) is 5.92 Å². The summed E-state index contributed by atoms with van der Waals surface area (Å²) in [5.41, 5.74) is 0. The van der Waals surface area contributed by atoms with Crippen LogP contribution in [0.2, 0.25) is 0 Å². The van der Waals surface area contributed by atoms with Gasteiger partial charge in [-0.25, -0.2) is 0 Å². The summed E-state index contributed by atoms with van der Waals surface area (Å²) in [5.74, 6) is 2.44. The number of para-hydroxylation sites is 1. The van der Waals surface area contributed by atoms with E-state index in [1.54, 1.807) is 0 Å². The van der Waals surface area contributed by atoms with Crippen LogP contribution in [0.25, 0.3) is 0 Å². The monoisotopic (exact) mass is 186 g/mol. The number of benzene rings is 1. The first kappa shape index (κ1) is 9.07. The Morgan fingerprint density at radius 2 is 2.00 bits per heavy atom. The number of ether oxygens (including phenoxy) is 1. The lowest BCUT2D eigenvalue weighted by Crippen LogP contribution is -2.00. The van der Waals surface area contributed by atoms with Crippen molar-refractivity contribution in [2.45, 2.75) is 13.3 Å². The van der Waals surface area contributed by atoms with Crippen molar-refractivity contribution < 1.29 is 4.74 Å². The lowest BCUT2D eigenvalue weighted by molar-refractivity contribution is 0.432. The molecule has 1 atom stereocenters. The van der Waals surface area contributed by atoms with Gasteiger partial charge in [-0.15, -0.1) is 0 Å². The molecule has 0 saturated heterocycles. The van der Waals surface area contributed by atoms with Crippen molar-refractivity contribution in [2.75, 3.05) is 0 Å². The molecule has 1 aliphatic rings. The second-order valence-electron chi connectivity index (χ2n) is 3.60. The predicted molar refractivity (Wildman–Crippen MR) is 58.1 cm³/mol. The van der Waals surface area contributed by atoms with E-state index in [0.717, 1.165) is 17.9 Å². The van der Waals surface area contributed by atoms with Crippen LogP contribution >= 0.6 is 0 Å². The standard InChI is InChI=1S/C13H14O/c1-11-6-5-9-13(10-11)14-12-7-3-2-4-8-12/h2-5,7-11H,6H2,1H3. The van der Waals surface area contributed by atoms with Crippen molar-refractivity contribution >= 4 is 0 Å². The molecule has 0 fully saturated rings. The highest BCUT2D eigenvalue weighted by Gasteiger charge is 2.05. The molecule has 0 spiro atoms. The first-order valence-corrected chi connectivity index (χ1v) is 4.96. The molecule has 0 radical (unpaired) electrons. The van der Waals surface area contributed by atoms with Crippen LogP contribution in [0.3, 0.4) is 0 Å². The van der Waals surface area contributed by atoms with Crippen LogP contribution in [0.15, 0.2) is 54.3 Å². The average molecular weight is 186 g/mol. The van der Waals surface area contributed by atoms with Gasteiger partial charge in [0.2, 0.25) is 0 Å². The molecule has 1 aromatic rings. The molecule has 1 aromatic carbocycles. The van der Waals surface area contributed by atoms with E-state index in [1.165, 1.54) is 0 Å². The fourth-order valence-electron chi connectivity index (χ4n) is 1.50. The molecule has 0 saturated carbocycles. The molecule has 14 heavy (non-hydrogen) atoms. The Labute approximate surface area is 84.7 Å². The van der Waals surface area contributed by atoms with E-state index in [1.807, 2.05) is 36.4 Å². The van der Waals surface area contributed by atoms with Gasteiger partial charge in [-0.05, 0) is 36.6 Å². The van der Waals surface area contributed by atoms with Crippen LogP contribution in [0.5, 0.6) is 5.75 Å². The molecule has 0 heterocycles. The maximum absolute atomic E-state index is 5.70. The Balaban J connectivity index is 2.08. The lowest BCUT2D eigenvalue weighted by Gasteiger charge is -2.13. The first-order valence-electron chi connectivity index (χ1n) is 4.96. The van der Waals surface area contributed by atoms with Crippen LogP contribution in [0.4, 0.5) is 0 Å². The highest BCUT2D eigenvalue weighted by Crippen LogP contribution is 2.19. The SMILES string of the molecule is CC1C=C(Oc2ccccc2)C=CC1. The molecule has 1 heteroatoms. The molecular weight excluding hydrogens is 172 g/mol. The fraction of sp³-hybridized carbons (Fsp3) is 0.231. The molecule has 0 aliphatic heterocycles. The Bertz CT molecular complexity index is 349. The van der Waals surface area contributed by atoms with Gasteiger partial charge in [0.15, 0.2) is 0 Å². The number of allylic oxidation sites excluding steroid dienone is 3. The van der Waals surface area contributed by atoms with Crippen molar-refractivity contribution in [3.8, 4) is 5.75 Å². The van der Waals surface area contributed by atoms with Crippen molar-refractivity contribution in [3.63, 3.8) is 0 Å². The fourth-order valence-corrected chi connectivity index (χ4v) is 1.50. The van der Waals surface area contributed by atoms with Crippen molar-refractivity contribution in [3.05, 3.63) is 54.3 Å². The minimum atomic E-state index is 0.582. The molecule has 0 amide bonds. The van der Waals surface area contributed by atoms with Crippen LogP contribution in [-0.2, 0) is 0 Å². The summed E-state index contributed by atoms with van der Waals surface area (Å²) >= 11 is 0. The van der Waals surface area contributed by atoms with Gasteiger partial charge in [0.05, 0.1) is 0 Å². The summed E-state index contributed by atoms with van der Waals surface area (Å²) in [7, 11) is 0. The van der Waals surface area contributed by atoms with E-state index >= 15 is 0 Å². The minimum Gasteiger partial charge on any atom is -0.458 e. The third kappa shape index (κ3) is 2.25. The highest BCUT2D eigenvalue weighted by molar-refractivity contribution is 5.28. The normalized spacial score (nSPS) is 20.4. The van der Waals surface area contributed by atoms with Gasteiger partial charge in [-0.3, -0.25) is 0 Å². The molecule has 0 aromatic heterocycles. The largest absolute Gasteiger partial charge is 0.458 e. The van der Waals surface area contributed by atoms with Gasteiger partial charge in [0.25, 0.3) is 0 Å². The molecule has 1 unspecified atom stereocenters. The van der Waals surface area contributed by atoms with E-state index in [0.29, 0.717) is 5.92 Å². The molecule has 0 N–H and O–H groups in total. The van der Waals surface area contributed by atoms with E-state index < -0.39 is 0 Å². The van der Waals surface area contributed by atoms with Crippen molar-refractivity contribution in [2.24, 2.45) is 5.92 Å². The molecular formula is C13H14O. The second kappa shape index (κ2) is 4.14. The van der Waals surface area contributed by atoms with Gasteiger partial charge in [-0.2, -0.15) is 0 Å². The quantitative estimate of drug-likeness (QED) is 0.686. The number of hydrogen-bond donors (Lipinski definition) is 0. The zero-order valence-electron chi connectivity index (χ0n) is 8.31. The van der Waals surface area contributed by atoms with Gasteiger partial charge in [-0.1, -0.05) is 31.2 Å². The molecule has 1 aliphatic carbocycles. The number of rotatable bonds is 2. The van der Waals surface area contributed by atoms with Gasteiger partial charge >= 0.3 is 0 Å². The Morgan fingerprint density at radius 1 is 1.21 bits per heavy atom. The van der Waals surface area contributed by atoms with Crippen LogP contribution in [0.1, 0.15) is 13.3 Å². The smallest absolute Gasteiger partial charge is 0.127 e. The predicted octanol–water partition coefficient (Wildman–Crippen LogP) is 3.55. The summed E-state index contributed by atoms with van der Waals surface area (Å²) < 4.78 is 5.70. The maximum atomic E-state index is 5.70. The number of hydrogen-bond acceptors (Lipinski definition) is 1. The zero-order chi connectivity index (χ0) is 9.80. The Hall–Kier alpha value is -1.50. The summed E-state index contributed by atoms with van der Waals surface area (Å²) in [4.78, 5) is 0. The highest BCUT2D eigenvalue weighted by atomic mass is 16.5. The first-order chi connectivity index (χ1) is 6.84. The Kier molecular flexibility index (Phi) is 2.68. The third-order valence-electron chi connectivity index (χ3n) is 2.22. The third-order valence-corrected chi connectivity index (χ3v) is 2.22. The van der Waals surface area contributed by atoms with Gasteiger partial charge in [0.1, 0.15) is 11.5 Å². The minimum absolute atomic E-state index is 0.582. The molecule has 2 rings (SSSR count). The zero-order valence-corrected chi connectivity index (χ0v) is 8.31. The average Bonchev–Trinajstić information content (AvgIpc) is 2.19. The van der Waals surface area contributed by atoms with Crippen molar-refractivity contribution in [1.29, 1.82) is 0 Å². The van der Waals surface area contributed by atoms with Gasteiger partial charge in [0, 0.05) is 0 Å². The summed E-state index contributed by atoms with van der Waals surface area (Å²) in [6.45, 7) is 2.19. The summed E-state index contributed by atoms with van der Waals surface area (Å²) in [6.07, 6.45) is 7.46. The molecule has 0 bridgehead atoms.